The molecule has 0 aromatic heterocycles. The van der Waals surface area contributed by atoms with E-state index in [1.165, 1.54) is 22.6 Å². The SMILES string of the molecule is O=C1c2ccccc2C(=O)N1CC=C1CCN(Cc2ccc(F)cc2)CC1. The molecule has 0 bridgehead atoms. The minimum absolute atomic E-state index is 0.207. The number of fused-ring (bicyclic) bond motifs is 1. The monoisotopic (exact) mass is 364 g/mol. The molecule has 5 heteroatoms. The van der Waals surface area contributed by atoms with Crippen molar-refractivity contribution < 1.29 is 14.0 Å². The van der Waals surface area contributed by atoms with Crippen LogP contribution < -0.4 is 0 Å². The van der Waals surface area contributed by atoms with Gasteiger partial charge in [-0.2, -0.15) is 0 Å². The first kappa shape index (κ1) is 17.6. The maximum Gasteiger partial charge on any atom is 0.261 e. The van der Waals surface area contributed by atoms with Gasteiger partial charge >= 0.3 is 0 Å². The number of benzene rings is 2. The molecule has 1 fully saturated rings. The number of rotatable bonds is 4. The molecule has 2 heterocycles. The molecule has 0 atom stereocenters. The Balaban J connectivity index is 1.32. The predicted molar refractivity (Wildman–Crippen MR) is 101 cm³/mol. The Bertz CT molecular complexity index is 860. The summed E-state index contributed by atoms with van der Waals surface area (Å²) in [7, 11) is 0. The fourth-order valence-electron chi connectivity index (χ4n) is 3.68. The first-order valence-corrected chi connectivity index (χ1v) is 9.22. The maximum atomic E-state index is 13.0. The van der Waals surface area contributed by atoms with Gasteiger partial charge in [0.25, 0.3) is 11.8 Å². The maximum absolute atomic E-state index is 13.0. The second-order valence-electron chi connectivity index (χ2n) is 7.03. The normalized spacial score (nSPS) is 17.4. The van der Waals surface area contributed by atoms with E-state index in [-0.39, 0.29) is 17.6 Å². The Labute approximate surface area is 157 Å². The number of likely N-dealkylation sites (tertiary alicyclic amines) is 1. The van der Waals surface area contributed by atoms with E-state index in [0.29, 0.717) is 17.7 Å². The Morgan fingerprint density at radius 3 is 2.07 bits per heavy atom. The Morgan fingerprint density at radius 1 is 0.889 bits per heavy atom. The second-order valence-corrected chi connectivity index (χ2v) is 7.03. The van der Waals surface area contributed by atoms with Crippen LogP contribution in [0.1, 0.15) is 39.1 Å². The molecular weight excluding hydrogens is 343 g/mol. The quantitative estimate of drug-likeness (QED) is 0.614. The van der Waals surface area contributed by atoms with Gasteiger partial charge in [0.2, 0.25) is 0 Å². The number of piperidine rings is 1. The molecule has 4 rings (SSSR count). The molecule has 0 unspecified atom stereocenters. The van der Waals surface area contributed by atoms with E-state index in [2.05, 4.69) is 4.90 Å². The van der Waals surface area contributed by atoms with Crippen LogP contribution in [0.15, 0.2) is 60.2 Å². The van der Waals surface area contributed by atoms with Crippen molar-refractivity contribution in [3.8, 4) is 0 Å². The summed E-state index contributed by atoms with van der Waals surface area (Å²) < 4.78 is 13.0. The lowest BCUT2D eigenvalue weighted by Crippen LogP contribution is -2.32. The number of hydrogen-bond donors (Lipinski definition) is 0. The smallest absolute Gasteiger partial charge is 0.261 e. The van der Waals surface area contributed by atoms with Crippen LogP contribution in [0.5, 0.6) is 0 Å². The first-order valence-electron chi connectivity index (χ1n) is 9.22. The predicted octanol–water partition coefficient (Wildman–Crippen LogP) is 3.64. The van der Waals surface area contributed by atoms with Crippen LogP contribution in [0.4, 0.5) is 4.39 Å². The zero-order valence-electron chi connectivity index (χ0n) is 15.0. The van der Waals surface area contributed by atoms with Crippen LogP contribution in [0.25, 0.3) is 0 Å². The van der Waals surface area contributed by atoms with Crippen molar-refractivity contribution in [3.63, 3.8) is 0 Å². The molecule has 4 nitrogen and oxygen atoms in total. The largest absolute Gasteiger partial charge is 0.298 e. The highest BCUT2D eigenvalue weighted by molar-refractivity contribution is 6.21. The first-order chi connectivity index (χ1) is 13.1. The Morgan fingerprint density at radius 2 is 1.48 bits per heavy atom. The lowest BCUT2D eigenvalue weighted by Gasteiger charge is -2.28. The van der Waals surface area contributed by atoms with E-state index in [1.54, 1.807) is 24.3 Å². The minimum atomic E-state index is -0.212. The summed E-state index contributed by atoms with van der Waals surface area (Å²) in [4.78, 5) is 28.5. The van der Waals surface area contributed by atoms with Gasteiger partial charge in [-0.15, -0.1) is 0 Å². The van der Waals surface area contributed by atoms with Crippen LogP contribution in [-0.4, -0.2) is 41.2 Å². The number of nitrogens with zero attached hydrogens (tertiary/aromatic N) is 2. The van der Waals surface area contributed by atoms with E-state index in [1.807, 2.05) is 18.2 Å². The molecule has 138 valence electrons. The van der Waals surface area contributed by atoms with Crippen LogP contribution in [0.2, 0.25) is 0 Å². The van der Waals surface area contributed by atoms with Crippen molar-refractivity contribution in [3.05, 3.63) is 82.7 Å². The molecule has 2 aliphatic rings. The van der Waals surface area contributed by atoms with E-state index < -0.39 is 0 Å². The molecule has 0 N–H and O–H groups in total. The third-order valence-corrected chi connectivity index (χ3v) is 5.26. The fraction of sp³-hybridized carbons (Fsp3) is 0.273. The average molecular weight is 364 g/mol. The summed E-state index contributed by atoms with van der Waals surface area (Å²) in [5.74, 6) is -0.627. The summed E-state index contributed by atoms with van der Waals surface area (Å²) in [6, 6.07) is 13.6. The molecule has 0 aliphatic carbocycles. The molecule has 1 saturated heterocycles. The van der Waals surface area contributed by atoms with Gasteiger partial charge in [0.15, 0.2) is 0 Å². The van der Waals surface area contributed by atoms with Crippen LogP contribution in [-0.2, 0) is 6.54 Å². The third-order valence-electron chi connectivity index (χ3n) is 5.26. The van der Waals surface area contributed by atoms with Crippen molar-refractivity contribution in [1.82, 2.24) is 9.80 Å². The lowest BCUT2D eigenvalue weighted by molar-refractivity contribution is 0.0671. The summed E-state index contributed by atoms with van der Waals surface area (Å²) in [5.41, 5.74) is 3.38. The molecule has 2 aromatic carbocycles. The highest BCUT2D eigenvalue weighted by Crippen LogP contribution is 2.23. The molecule has 2 aromatic rings. The Hall–Kier alpha value is -2.79. The van der Waals surface area contributed by atoms with Gasteiger partial charge in [-0.3, -0.25) is 19.4 Å². The van der Waals surface area contributed by atoms with Gasteiger partial charge in [0, 0.05) is 26.2 Å². The van der Waals surface area contributed by atoms with Gasteiger partial charge in [-0.1, -0.05) is 35.9 Å². The summed E-state index contributed by atoms with van der Waals surface area (Å²) in [5, 5.41) is 0. The van der Waals surface area contributed by atoms with Gasteiger partial charge in [-0.25, -0.2) is 4.39 Å². The van der Waals surface area contributed by atoms with Crippen molar-refractivity contribution in [1.29, 1.82) is 0 Å². The van der Waals surface area contributed by atoms with E-state index in [4.69, 9.17) is 0 Å². The summed E-state index contributed by atoms with van der Waals surface area (Å²) in [6.45, 7) is 2.99. The molecule has 27 heavy (non-hydrogen) atoms. The lowest BCUT2D eigenvalue weighted by atomic mass is 10.0. The fourth-order valence-corrected chi connectivity index (χ4v) is 3.68. The van der Waals surface area contributed by atoms with E-state index in [0.717, 1.165) is 38.0 Å². The zero-order chi connectivity index (χ0) is 18.8. The van der Waals surface area contributed by atoms with Crippen molar-refractivity contribution in [2.75, 3.05) is 19.6 Å². The summed E-state index contributed by atoms with van der Waals surface area (Å²) >= 11 is 0. The molecule has 2 amide bonds. The standard InChI is InChI=1S/C22H21FN2O2/c23-18-7-5-17(6-8-18)15-24-12-9-16(10-13-24)11-14-25-21(26)19-3-1-2-4-20(19)22(25)27/h1-8,11H,9-10,12-15H2. The molecular formula is C22H21FN2O2. The van der Waals surface area contributed by atoms with Gasteiger partial charge in [0.05, 0.1) is 11.1 Å². The van der Waals surface area contributed by atoms with Crippen LogP contribution >= 0.6 is 0 Å². The average Bonchev–Trinajstić information content (AvgIpc) is 2.94. The number of carbonyl (C=O) groups excluding carboxylic acids is 2. The van der Waals surface area contributed by atoms with Gasteiger partial charge in [0.1, 0.15) is 5.82 Å². The number of halogens is 1. The van der Waals surface area contributed by atoms with Crippen LogP contribution in [0, 0.1) is 5.82 Å². The third kappa shape index (κ3) is 3.69. The molecule has 2 aliphatic heterocycles. The topological polar surface area (TPSA) is 40.6 Å². The van der Waals surface area contributed by atoms with Crippen molar-refractivity contribution >= 4 is 11.8 Å². The second kappa shape index (κ2) is 7.45. The highest BCUT2D eigenvalue weighted by atomic mass is 19.1. The highest BCUT2D eigenvalue weighted by Gasteiger charge is 2.34. The van der Waals surface area contributed by atoms with Gasteiger partial charge < -0.3 is 0 Å². The minimum Gasteiger partial charge on any atom is -0.298 e. The molecule has 0 saturated carbocycles. The number of carbonyl (C=O) groups is 2. The molecule has 0 spiro atoms. The van der Waals surface area contributed by atoms with E-state index in [9.17, 15) is 14.0 Å². The summed E-state index contributed by atoms with van der Waals surface area (Å²) in [6.07, 6.45) is 3.87. The van der Waals surface area contributed by atoms with Crippen molar-refractivity contribution in [2.24, 2.45) is 0 Å². The van der Waals surface area contributed by atoms with E-state index >= 15 is 0 Å². The van der Waals surface area contributed by atoms with Gasteiger partial charge in [-0.05, 0) is 42.7 Å². The Kier molecular flexibility index (Phi) is 4.86. The van der Waals surface area contributed by atoms with Crippen LogP contribution in [0.3, 0.4) is 0 Å². The molecule has 0 radical (unpaired) electrons. The number of imide groups is 1. The number of amides is 2. The number of hydrogen-bond acceptors (Lipinski definition) is 3. The van der Waals surface area contributed by atoms with Crippen molar-refractivity contribution in [2.45, 2.75) is 19.4 Å². The zero-order valence-corrected chi connectivity index (χ0v) is 15.0.